The van der Waals surface area contributed by atoms with Crippen LogP contribution in [-0.4, -0.2) is 47.7 Å². The molecule has 2 rings (SSSR count). The van der Waals surface area contributed by atoms with Gasteiger partial charge in [-0.3, -0.25) is 9.59 Å². The first-order valence-corrected chi connectivity index (χ1v) is 6.50. The third kappa shape index (κ3) is 4.20. The molecule has 0 saturated carbocycles. The van der Waals surface area contributed by atoms with Crippen LogP contribution in [-0.2, 0) is 14.3 Å². The van der Waals surface area contributed by atoms with Crippen LogP contribution in [0.5, 0.6) is 0 Å². The van der Waals surface area contributed by atoms with E-state index in [-0.39, 0.29) is 12.3 Å². The SMILES string of the molecule is O=C(O)CC1CN(C(=O)/C=C/c2ccccc2)CCO1. The van der Waals surface area contributed by atoms with Gasteiger partial charge in [0.2, 0.25) is 5.91 Å². The van der Waals surface area contributed by atoms with E-state index in [0.29, 0.717) is 19.7 Å². The molecule has 0 aliphatic carbocycles. The van der Waals surface area contributed by atoms with Crippen LogP contribution in [0.25, 0.3) is 6.08 Å². The van der Waals surface area contributed by atoms with Gasteiger partial charge in [-0.05, 0) is 11.6 Å². The molecule has 1 heterocycles. The standard InChI is InChI=1S/C15H17NO4/c17-14(7-6-12-4-2-1-3-5-12)16-8-9-20-13(11-16)10-15(18)19/h1-7,13H,8-11H2,(H,18,19)/b7-6+. The molecule has 5 nitrogen and oxygen atoms in total. The number of amides is 1. The lowest BCUT2D eigenvalue weighted by Gasteiger charge is -2.31. The zero-order valence-electron chi connectivity index (χ0n) is 11.1. The Hall–Kier alpha value is -2.14. The van der Waals surface area contributed by atoms with E-state index in [4.69, 9.17) is 9.84 Å². The number of hydrogen-bond donors (Lipinski definition) is 1. The summed E-state index contributed by atoms with van der Waals surface area (Å²) in [6.45, 7) is 1.20. The van der Waals surface area contributed by atoms with Gasteiger partial charge < -0.3 is 14.7 Å². The second-order valence-corrected chi connectivity index (χ2v) is 4.62. The summed E-state index contributed by atoms with van der Waals surface area (Å²) in [5.74, 6) is -1.03. The lowest BCUT2D eigenvalue weighted by molar-refractivity contribution is -0.145. The number of rotatable bonds is 4. The highest BCUT2D eigenvalue weighted by Gasteiger charge is 2.24. The van der Waals surface area contributed by atoms with Crippen LogP contribution in [0.3, 0.4) is 0 Å². The minimum absolute atomic E-state index is 0.0772. The Balaban J connectivity index is 1.92. The average Bonchev–Trinajstić information content (AvgIpc) is 2.45. The Labute approximate surface area is 117 Å². The van der Waals surface area contributed by atoms with Gasteiger partial charge in [0.05, 0.1) is 19.1 Å². The Morgan fingerprint density at radius 3 is 2.80 bits per heavy atom. The van der Waals surface area contributed by atoms with Crippen molar-refractivity contribution in [1.82, 2.24) is 4.90 Å². The molecule has 1 unspecified atom stereocenters. The molecular weight excluding hydrogens is 258 g/mol. The van der Waals surface area contributed by atoms with Crippen molar-refractivity contribution in [3.8, 4) is 0 Å². The fraction of sp³-hybridized carbons (Fsp3) is 0.333. The molecule has 0 radical (unpaired) electrons. The van der Waals surface area contributed by atoms with Crippen molar-refractivity contribution in [2.24, 2.45) is 0 Å². The summed E-state index contributed by atoms with van der Waals surface area (Å²) in [5.41, 5.74) is 0.955. The van der Waals surface area contributed by atoms with E-state index in [9.17, 15) is 9.59 Å². The fourth-order valence-electron chi connectivity index (χ4n) is 2.07. The molecule has 0 bridgehead atoms. The lowest BCUT2D eigenvalue weighted by Crippen LogP contribution is -2.45. The van der Waals surface area contributed by atoms with Gasteiger partial charge in [0.15, 0.2) is 0 Å². The van der Waals surface area contributed by atoms with Crippen molar-refractivity contribution in [1.29, 1.82) is 0 Å². The zero-order valence-corrected chi connectivity index (χ0v) is 11.1. The number of carbonyl (C=O) groups excluding carboxylic acids is 1. The first-order valence-electron chi connectivity index (χ1n) is 6.50. The van der Waals surface area contributed by atoms with Gasteiger partial charge in [-0.1, -0.05) is 30.3 Å². The summed E-state index contributed by atoms with van der Waals surface area (Å²) in [6.07, 6.45) is 2.77. The third-order valence-corrected chi connectivity index (χ3v) is 3.07. The molecule has 1 atom stereocenters. The quantitative estimate of drug-likeness (QED) is 0.843. The topological polar surface area (TPSA) is 66.8 Å². The molecule has 0 aromatic heterocycles. The van der Waals surface area contributed by atoms with E-state index in [0.717, 1.165) is 5.56 Å². The Kier molecular flexibility index (Phi) is 4.90. The molecule has 1 aliphatic heterocycles. The number of benzene rings is 1. The molecule has 1 amide bonds. The second-order valence-electron chi connectivity index (χ2n) is 4.62. The molecule has 1 aromatic carbocycles. The summed E-state index contributed by atoms with van der Waals surface area (Å²) in [7, 11) is 0. The highest BCUT2D eigenvalue weighted by Crippen LogP contribution is 2.10. The van der Waals surface area contributed by atoms with Crippen LogP contribution >= 0.6 is 0 Å². The molecule has 5 heteroatoms. The first-order chi connectivity index (χ1) is 9.65. The predicted octanol–water partition coefficient (Wildman–Crippen LogP) is 1.40. The van der Waals surface area contributed by atoms with Gasteiger partial charge in [-0.2, -0.15) is 0 Å². The molecule has 1 saturated heterocycles. The lowest BCUT2D eigenvalue weighted by atomic mass is 10.2. The third-order valence-electron chi connectivity index (χ3n) is 3.07. The van der Waals surface area contributed by atoms with Crippen molar-refractivity contribution in [2.75, 3.05) is 19.7 Å². The van der Waals surface area contributed by atoms with E-state index in [1.807, 2.05) is 30.3 Å². The number of aliphatic carboxylic acids is 1. The monoisotopic (exact) mass is 275 g/mol. The van der Waals surface area contributed by atoms with Crippen LogP contribution in [0.4, 0.5) is 0 Å². The molecule has 1 aromatic rings. The Morgan fingerprint density at radius 2 is 2.10 bits per heavy atom. The smallest absolute Gasteiger partial charge is 0.306 e. The molecular formula is C15H17NO4. The normalized spacial score (nSPS) is 19.2. The van der Waals surface area contributed by atoms with Crippen LogP contribution in [0, 0.1) is 0 Å². The second kappa shape index (κ2) is 6.86. The van der Waals surface area contributed by atoms with Gasteiger partial charge in [0.1, 0.15) is 0 Å². The molecule has 1 fully saturated rings. The highest BCUT2D eigenvalue weighted by molar-refractivity contribution is 5.91. The maximum Gasteiger partial charge on any atom is 0.306 e. The highest BCUT2D eigenvalue weighted by atomic mass is 16.5. The van der Waals surface area contributed by atoms with Gasteiger partial charge in [-0.25, -0.2) is 0 Å². The van der Waals surface area contributed by atoms with Crippen LogP contribution < -0.4 is 0 Å². The van der Waals surface area contributed by atoms with Crippen molar-refractivity contribution < 1.29 is 19.4 Å². The predicted molar refractivity (Wildman–Crippen MR) is 74.0 cm³/mol. The van der Waals surface area contributed by atoms with Gasteiger partial charge in [-0.15, -0.1) is 0 Å². The van der Waals surface area contributed by atoms with E-state index >= 15 is 0 Å². The fourth-order valence-corrected chi connectivity index (χ4v) is 2.07. The number of ether oxygens (including phenoxy) is 1. The number of carboxylic acid groups (broad SMARTS) is 1. The summed E-state index contributed by atoms with van der Waals surface area (Å²) >= 11 is 0. The molecule has 1 N–H and O–H groups in total. The van der Waals surface area contributed by atoms with Gasteiger partial charge in [0, 0.05) is 19.2 Å². The van der Waals surface area contributed by atoms with E-state index in [2.05, 4.69) is 0 Å². The zero-order chi connectivity index (χ0) is 14.4. The van der Waals surface area contributed by atoms with Crippen molar-refractivity contribution in [3.05, 3.63) is 42.0 Å². The van der Waals surface area contributed by atoms with Crippen LogP contribution in [0.1, 0.15) is 12.0 Å². The molecule has 20 heavy (non-hydrogen) atoms. The van der Waals surface area contributed by atoms with Crippen LogP contribution in [0.2, 0.25) is 0 Å². The van der Waals surface area contributed by atoms with E-state index in [1.54, 1.807) is 11.0 Å². The summed E-state index contributed by atoms with van der Waals surface area (Å²) in [6, 6.07) is 9.55. The molecule has 1 aliphatic rings. The van der Waals surface area contributed by atoms with E-state index < -0.39 is 12.1 Å². The summed E-state index contributed by atoms with van der Waals surface area (Å²) in [5, 5.41) is 8.75. The number of carboxylic acids is 1. The van der Waals surface area contributed by atoms with Gasteiger partial charge in [0.25, 0.3) is 0 Å². The number of carbonyl (C=O) groups is 2. The first kappa shape index (κ1) is 14.3. The maximum absolute atomic E-state index is 12.0. The van der Waals surface area contributed by atoms with Crippen LogP contribution in [0.15, 0.2) is 36.4 Å². The minimum Gasteiger partial charge on any atom is -0.481 e. The van der Waals surface area contributed by atoms with E-state index in [1.165, 1.54) is 6.08 Å². The molecule has 106 valence electrons. The van der Waals surface area contributed by atoms with Gasteiger partial charge >= 0.3 is 5.97 Å². The number of morpholine rings is 1. The van der Waals surface area contributed by atoms with Crippen molar-refractivity contribution in [3.63, 3.8) is 0 Å². The number of nitrogens with zero attached hydrogens (tertiary/aromatic N) is 1. The summed E-state index contributed by atoms with van der Waals surface area (Å²) < 4.78 is 5.33. The van der Waals surface area contributed by atoms with Crippen molar-refractivity contribution >= 4 is 18.0 Å². The van der Waals surface area contributed by atoms with Crippen molar-refractivity contribution in [2.45, 2.75) is 12.5 Å². The molecule has 0 spiro atoms. The maximum atomic E-state index is 12.0. The Bertz CT molecular complexity index is 498. The summed E-state index contributed by atoms with van der Waals surface area (Å²) in [4.78, 5) is 24.3. The largest absolute Gasteiger partial charge is 0.481 e. The Morgan fingerprint density at radius 1 is 1.35 bits per heavy atom. The average molecular weight is 275 g/mol. The minimum atomic E-state index is -0.913. The number of hydrogen-bond acceptors (Lipinski definition) is 3.